The maximum atomic E-state index is 10.2. The zero-order chi connectivity index (χ0) is 16.1. The molecule has 0 saturated heterocycles. The first kappa shape index (κ1) is 27.7. The molecule has 19 heavy (non-hydrogen) atoms. The fourth-order valence-corrected chi connectivity index (χ4v) is 15.5. The van der Waals surface area contributed by atoms with Crippen LogP contribution >= 0.6 is 271 Å². The minimum atomic E-state index is -0.417. The molecule has 0 aliphatic rings. The van der Waals surface area contributed by atoms with E-state index < -0.39 is 4.11 Å². The summed E-state index contributed by atoms with van der Waals surface area (Å²) >= 11 is 29.7. The van der Waals surface area contributed by atoms with Gasteiger partial charge in [-0.25, -0.2) is 0 Å². The van der Waals surface area contributed by atoms with Crippen molar-refractivity contribution < 1.29 is 5.11 Å². The second-order valence-electron chi connectivity index (χ2n) is 3.18. The molecule has 0 fully saturated rings. The Morgan fingerprint density at radius 3 is 1.11 bits per heavy atom. The minimum Gasteiger partial charge on any atom is -0.380 e. The van der Waals surface area contributed by atoms with Crippen molar-refractivity contribution >= 4 is 271 Å². The molecule has 1 N–H and O–H groups in total. The molecule has 0 aromatic carbocycles. The standard InChI is InChI=1S/C6H2I12O/c7-1(19)2(8,9)3(10,11)4(12,13)5(14,15)6(16,17)18/h1,19H. The Bertz CT molecular complexity index is 328. The Labute approximate surface area is 277 Å². The highest BCUT2D eigenvalue weighted by molar-refractivity contribution is 14.3. The van der Waals surface area contributed by atoms with Crippen LogP contribution in [0.1, 0.15) is 0 Å². The predicted octanol–water partition coefficient (Wildman–Crippen LogP) is 8.96. The molecule has 1 unspecified atom stereocenters. The van der Waals surface area contributed by atoms with Crippen molar-refractivity contribution in [3.05, 3.63) is 0 Å². The number of halogens is 12. The van der Waals surface area contributed by atoms with Gasteiger partial charge in [0.25, 0.3) is 0 Å². The van der Waals surface area contributed by atoms with Crippen LogP contribution in [0.15, 0.2) is 0 Å². The number of aliphatic hydroxyl groups excluding tert-OH is 1. The van der Waals surface area contributed by atoms with Gasteiger partial charge in [0.05, 0.1) is 0 Å². The molecule has 1 nitrogen and oxygen atoms in total. The minimum absolute atomic E-state index is 0.00613. The fourth-order valence-electron chi connectivity index (χ4n) is 0.734. The molecule has 0 amide bonds. The van der Waals surface area contributed by atoms with Crippen molar-refractivity contribution in [1.82, 2.24) is 0 Å². The van der Waals surface area contributed by atoms with E-state index in [4.69, 9.17) is 0 Å². The fraction of sp³-hybridized carbons (Fsp3) is 1.00. The van der Waals surface area contributed by atoms with E-state index in [0.717, 1.165) is 0 Å². The normalized spacial score (nSPS) is 17.5. The molecule has 0 heterocycles. The molecule has 0 rings (SSSR count). The van der Waals surface area contributed by atoms with Crippen LogP contribution in [-0.2, 0) is 0 Å². The number of hydrogen-bond acceptors (Lipinski definition) is 1. The first-order valence-electron chi connectivity index (χ1n) is 3.84. The average Bonchev–Trinajstić information content (AvgIpc) is 2.14. The Balaban J connectivity index is 5.92. The predicted molar refractivity (Wildman–Crippen MR) is 188 cm³/mol. The lowest BCUT2D eigenvalue weighted by atomic mass is 10.2. The van der Waals surface area contributed by atoms with Crippen molar-refractivity contribution in [1.29, 1.82) is 0 Å². The van der Waals surface area contributed by atoms with Crippen LogP contribution in [0.3, 0.4) is 0 Å². The van der Waals surface area contributed by atoms with Crippen molar-refractivity contribution in [3.63, 3.8) is 0 Å². The van der Waals surface area contributed by atoms with Gasteiger partial charge in [0.1, 0.15) is 9.26 Å². The van der Waals surface area contributed by atoms with Gasteiger partial charge < -0.3 is 5.11 Å². The van der Waals surface area contributed by atoms with Crippen LogP contribution in [0, 0.1) is 0 Å². The van der Waals surface area contributed by atoms with Gasteiger partial charge in [-0.05, 0) is 22.6 Å². The largest absolute Gasteiger partial charge is 0.380 e. The lowest BCUT2D eigenvalue weighted by molar-refractivity contribution is 0.272. The van der Waals surface area contributed by atoms with Crippen molar-refractivity contribution in [2.24, 2.45) is 0 Å². The van der Waals surface area contributed by atoms with Crippen LogP contribution < -0.4 is 0 Å². The summed E-state index contributed by atoms with van der Waals surface area (Å²) in [5.41, 5.74) is 0. The first-order chi connectivity index (χ1) is 7.94. The molecule has 13 heteroatoms. The molecule has 0 aliphatic heterocycles. The average molecular weight is 1610 g/mol. The molecule has 0 aromatic heterocycles. The highest BCUT2D eigenvalue weighted by atomic mass is 127. The van der Waals surface area contributed by atoms with Crippen molar-refractivity contribution in [3.8, 4) is 0 Å². The quantitative estimate of drug-likeness (QED) is 0.216. The monoisotopic (exact) mass is 1610 g/mol. The zero-order valence-electron chi connectivity index (χ0n) is 8.06. The number of rotatable bonds is 5. The van der Waals surface area contributed by atoms with E-state index in [1.54, 1.807) is 0 Å². The van der Waals surface area contributed by atoms with E-state index in [2.05, 4.69) is 271 Å². The maximum absolute atomic E-state index is 10.2. The third kappa shape index (κ3) is 6.35. The van der Waals surface area contributed by atoms with Gasteiger partial charge in [-0.15, -0.1) is 0 Å². The summed E-state index contributed by atoms with van der Waals surface area (Å²) in [6, 6.07) is 0. The van der Waals surface area contributed by atoms with Crippen LogP contribution in [0.2, 0.25) is 0 Å². The van der Waals surface area contributed by atoms with Crippen LogP contribution in [0.4, 0.5) is 0 Å². The summed E-state index contributed by atoms with van der Waals surface area (Å²) < 4.78 is -0.856. The van der Waals surface area contributed by atoms with E-state index in [1.165, 1.54) is 0 Å². The van der Waals surface area contributed by atoms with E-state index in [9.17, 15) is 5.11 Å². The van der Waals surface area contributed by atoms with Crippen LogP contribution in [0.5, 0.6) is 0 Å². The first-order valence-corrected chi connectivity index (χ1v) is 17.0. The highest BCUT2D eigenvalue weighted by Crippen LogP contribution is 2.74. The summed E-state index contributed by atoms with van der Waals surface area (Å²) in [4.78, 5) is 0. The second-order valence-corrected chi connectivity index (χ2v) is 36.8. The lowest BCUT2D eigenvalue weighted by Gasteiger charge is -2.52. The van der Waals surface area contributed by atoms with Gasteiger partial charge in [0.2, 0.25) is 0 Å². The third-order valence-corrected chi connectivity index (χ3v) is 38.8. The molecule has 0 bridgehead atoms. The summed E-state index contributed by atoms with van der Waals surface area (Å²) in [6.45, 7) is 0. The Morgan fingerprint density at radius 1 is 0.579 bits per heavy atom. The Morgan fingerprint density at radius 2 is 0.895 bits per heavy atom. The smallest absolute Gasteiger partial charge is 0.149 e. The highest BCUT2D eigenvalue weighted by Gasteiger charge is 2.70. The van der Waals surface area contributed by atoms with E-state index in [1.807, 2.05) is 0 Å². The number of alkyl halides is 12. The summed E-state index contributed by atoms with van der Waals surface area (Å²) in [7, 11) is 0. The molecule has 0 aliphatic carbocycles. The summed E-state index contributed by atoms with van der Waals surface area (Å²) in [5, 5.41) is 10.2. The Hall–Kier alpha value is 8.72. The summed E-state index contributed by atoms with van der Waals surface area (Å²) in [6.07, 6.45) is 0. The number of aliphatic hydroxyl groups is 1. The maximum Gasteiger partial charge on any atom is 0.149 e. The molecule has 116 valence electrons. The van der Waals surface area contributed by atoms with Gasteiger partial charge in [-0.2, -0.15) is 0 Å². The molecule has 0 radical (unpaired) electrons. The van der Waals surface area contributed by atoms with Crippen LogP contribution in [0.25, 0.3) is 0 Å². The summed E-state index contributed by atoms with van der Waals surface area (Å²) in [5.74, 6) is 0. The number of hydrogen-bond donors (Lipinski definition) is 1. The molecular weight excluding hydrogens is 1610 g/mol. The van der Waals surface area contributed by atoms with Gasteiger partial charge >= 0.3 is 0 Å². The van der Waals surface area contributed by atoms with E-state index >= 15 is 0 Å². The topological polar surface area (TPSA) is 20.2 Å². The van der Waals surface area contributed by atoms with Crippen molar-refractivity contribution in [2.45, 2.75) is 9.26 Å². The van der Waals surface area contributed by atoms with Crippen LogP contribution in [-0.4, -0.2) is 14.4 Å². The zero-order valence-corrected chi connectivity index (χ0v) is 34.0. The molecule has 0 spiro atoms. The SMILES string of the molecule is OC(I)C(I)(I)C(I)(I)C(I)(I)C(I)(I)C(I)(I)I. The van der Waals surface area contributed by atoms with E-state index in [0.29, 0.717) is 0 Å². The lowest BCUT2D eigenvalue weighted by Crippen LogP contribution is -2.60. The van der Waals surface area contributed by atoms with Gasteiger partial charge in [-0.3, -0.25) is 0 Å². The Kier molecular flexibility index (Phi) is 14.8. The van der Waals surface area contributed by atoms with Gasteiger partial charge in [0, 0.05) is 0 Å². The van der Waals surface area contributed by atoms with E-state index in [-0.39, 0.29) is 5.15 Å². The van der Waals surface area contributed by atoms with Gasteiger partial charge in [0.15, 0.2) is 0 Å². The second kappa shape index (κ2) is 10.2. The van der Waals surface area contributed by atoms with Crippen molar-refractivity contribution in [2.75, 3.05) is 0 Å². The molecule has 1 atom stereocenters. The molecule has 0 saturated carbocycles. The van der Waals surface area contributed by atoms with Gasteiger partial charge in [-0.1, -0.05) is 248 Å². The third-order valence-electron chi connectivity index (χ3n) is 1.86. The molecular formula is C6H2I12O. The molecule has 0 aromatic rings.